The molecule has 1 saturated heterocycles. The highest BCUT2D eigenvalue weighted by Gasteiger charge is 2.27. The van der Waals surface area contributed by atoms with Gasteiger partial charge in [-0.25, -0.2) is 4.39 Å². The number of amides is 2. The number of carbonyl (C=O) groups is 3. The van der Waals surface area contributed by atoms with Crippen LogP contribution in [0.25, 0.3) is 0 Å². The minimum atomic E-state index is -0.825. The Morgan fingerprint density at radius 3 is 2.15 bits per heavy atom. The van der Waals surface area contributed by atoms with Gasteiger partial charge in [0.25, 0.3) is 11.8 Å². The van der Waals surface area contributed by atoms with Crippen molar-refractivity contribution >= 4 is 35.0 Å². The van der Waals surface area contributed by atoms with Gasteiger partial charge < -0.3 is 20.3 Å². The van der Waals surface area contributed by atoms with Crippen molar-refractivity contribution in [2.45, 2.75) is 12.8 Å². The van der Waals surface area contributed by atoms with Gasteiger partial charge in [-0.15, -0.1) is 12.8 Å². The average Bonchev–Trinajstić information content (AvgIpc) is 3.00. The maximum absolute atomic E-state index is 15.1. The molecule has 0 bridgehead atoms. The third-order valence-electron chi connectivity index (χ3n) is 6.82. The molecule has 4 rings (SSSR count). The Balaban J connectivity index is 1.49. The summed E-state index contributed by atoms with van der Waals surface area (Å²) in [7, 11) is 1.35. The molecule has 1 aliphatic heterocycles. The number of rotatable bonds is 6. The van der Waals surface area contributed by atoms with Crippen LogP contribution in [0.5, 0.6) is 0 Å². The molecule has 8 nitrogen and oxygen atoms in total. The maximum Gasteiger partial charge on any atom is 0.308 e. The number of halogens is 1. The van der Waals surface area contributed by atoms with Gasteiger partial charge in [-0.05, 0) is 67.4 Å². The minimum absolute atomic E-state index is 0.0870. The van der Waals surface area contributed by atoms with Crippen LogP contribution in [-0.4, -0.2) is 48.7 Å². The predicted octanol–water partition coefficient (Wildman–Crippen LogP) is 4.50. The number of benzene rings is 3. The van der Waals surface area contributed by atoms with Crippen molar-refractivity contribution in [3.8, 4) is 24.7 Å². The fourth-order valence-electron chi connectivity index (χ4n) is 4.50. The number of methoxy groups -OCH3 is 1. The topological polar surface area (TPSA) is 112 Å². The highest BCUT2D eigenvalue weighted by molar-refractivity contribution is 6.13. The third-order valence-corrected chi connectivity index (χ3v) is 6.82. The number of hydrogen-bond acceptors (Lipinski definition) is 5. The number of esters is 1. The molecule has 1 fully saturated rings. The highest BCUT2D eigenvalue weighted by atomic mass is 19.1. The van der Waals surface area contributed by atoms with Gasteiger partial charge in [0.1, 0.15) is 11.7 Å². The molecule has 0 aliphatic carbocycles. The summed E-state index contributed by atoms with van der Waals surface area (Å²) in [5, 5.41) is 13.8. The lowest BCUT2D eigenvalue weighted by atomic mass is 9.96. The summed E-state index contributed by atoms with van der Waals surface area (Å²) in [6.45, 7) is 0.907. The second-order valence-corrected chi connectivity index (χ2v) is 9.36. The molecule has 3 aromatic rings. The van der Waals surface area contributed by atoms with Crippen LogP contribution in [-0.2, 0) is 9.53 Å². The fourth-order valence-corrected chi connectivity index (χ4v) is 4.50. The van der Waals surface area contributed by atoms with Crippen molar-refractivity contribution in [2.75, 3.05) is 30.8 Å². The van der Waals surface area contributed by atoms with E-state index >= 15 is 4.39 Å². The monoisotopic (exact) mass is 550 g/mol. The number of hydrogen-bond donors (Lipinski definition) is 3. The van der Waals surface area contributed by atoms with E-state index in [1.807, 2.05) is 0 Å². The molecule has 41 heavy (non-hydrogen) atoms. The van der Waals surface area contributed by atoms with Gasteiger partial charge in [-0.2, -0.15) is 0 Å². The molecule has 0 aromatic heterocycles. The zero-order chi connectivity index (χ0) is 29.5. The van der Waals surface area contributed by atoms with E-state index in [1.165, 1.54) is 31.4 Å². The van der Waals surface area contributed by atoms with E-state index in [9.17, 15) is 14.4 Å². The van der Waals surface area contributed by atoms with Crippen molar-refractivity contribution in [3.05, 3.63) is 94.3 Å². The van der Waals surface area contributed by atoms with E-state index in [2.05, 4.69) is 22.5 Å². The largest absolute Gasteiger partial charge is 0.469 e. The van der Waals surface area contributed by atoms with Crippen LogP contribution in [0.3, 0.4) is 0 Å². The van der Waals surface area contributed by atoms with Crippen molar-refractivity contribution < 1.29 is 23.5 Å². The average molecular weight is 551 g/mol. The van der Waals surface area contributed by atoms with Crippen molar-refractivity contribution in [1.82, 2.24) is 4.90 Å². The summed E-state index contributed by atoms with van der Waals surface area (Å²) in [6, 6.07) is 15.0. The second-order valence-electron chi connectivity index (χ2n) is 9.36. The van der Waals surface area contributed by atoms with Gasteiger partial charge >= 0.3 is 5.97 Å². The van der Waals surface area contributed by atoms with E-state index in [0.717, 1.165) is 6.07 Å². The number of carbonyl (C=O) groups excluding carboxylic acids is 3. The molecule has 0 atom stereocenters. The van der Waals surface area contributed by atoms with Gasteiger partial charge in [0.2, 0.25) is 0 Å². The normalized spacial score (nSPS) is 12.9. The molecule has 0 radical (unpaired) electrons. The smallest absolute Gasteiger partial charge is 0.308 e. The predicted molar refractivity (Wildman–Crippen MR) is 154 cm³/mol. The first kappa shape index (κ1) is 28.6. The molecule has 0 saturated carbocycles. The quantitative estimate of drug-likeness (QED) is 0.181. The van der Waals surface area contributed by atoms with Gasteiger partial charge in [0, 0.05) is 35.5 Å². The molecular formula is C32H27FN4O4. The van der Waals surface area contributed by atoms with Gasteiger partial charge in [-0.3, -0.25) is 19.8 Å². The molecule has 0 spiro atoms. The maximum atomic E-state index is 15.1. The zero-order valence-electron chi connectivity index (χ0n) is 22.3. The molecule has 2 amide bonds. The summed E-state index contributed by atoms with van der Waals surface area (Å²) < 4.78 is 19.9. The van der Waals surface area contributed by atoms with Crippen LogP contribution < -0.4 is 10.6 Å². The van der Waals surface area contributed by atoms with Gasteiger partial charge in [0.15, 0.2) is 0 Å². The van der Waals surface area contributed by atoms with Crippen molar-refractivity contribution in [3.63, 3.8) is 0 Å². The first-order valence-electron chi connectivity index (χ1n) is 12.7. The molecule has 1 aliphatic rings. The molecule has 9 heteroatoms. The van der Waals surface area contributed by atoms with Crippen LogP contribution in [0, 0.1) is 41.8 Å². The lowest BCUT2D eigenvalue weighted by molar-refractivity contribution is -0.146. The molecule has 3 N–H and O–H groups in total. The highest BCUT2D eigenvalue weighted by Crippen LogP contribution is 2.23. The van der Waals surface area contributed by atoms with Crippen LogP contribution in [0.15, 0.2) is 60.7 Å². The summed E-state index contributed by atoms with van der Waals surface area (Å²) in [5.41, 5.74) is 1.81. The standard InChI is InChI=1S/C32H27FN4O4/c1-4-20-6-10-24(11-7-20)35-31(39)26-18-21(5-2)8-13-28(26)36-30(38)25-12-9-23(19-27(25)33)29(34)37-16-14-22(15-17-37)32(40)41-3/h1-2,6-13,18-19,22,34H,14-17H2,3H3,(H,35,39)(H,36,38). The van der Waals surface area contributed by atoms with E-state index in [-0.39, 0.29) is 34.5 Å². The van der Waals surface area contributed by atoms with E-state index in [0.29, 0.717) is 48.3 Å². The first-order chi connectivity index (χ1) is 19.7. The number of piperidine rings is 1. The minimum Gasteiger partial charge on any atom is -0.469 e. The fraction of sp³-hybridized carbons (Fsp3) is 0.188. The Morgan fingerprint density at radius 2 is 1.54 bits per heavy atom. The number of nitrogens with zero attached hydrogens (tertiary/aromatic N) is 1. The molecule has 1 heterocycles. The summed E-state index contributed by atoms with van der Waals surface area (Å²) >= 11 is 0. The third kappa shape index (κ3) is 6.60. The van der Waals surface area contributed by atoms with E-state index in [4.69, 9.17) is 23.0 Å². The zero-order valence-corrected chi connectivity index (χ0v) is 22.3. The van der Waals surface area contributed by atoms with Crippen LogP contribution in [0.1, 0.15) is 50.2 Å². The molecular weight excluding hydrogens is 523 g/mol. The Labute approximate surface area is 237 Å². The first-order valence-corrected chi connectivity index (χ1v) is 12.7. The number of anilines is 2. The Bertz CT molecular complexity index is 1590. The SMILES string of the molecule is C#Cc1ccc(NC(=O)c2cc(C#C)ccc2NC(=O)c2ccc(C(=N)N3CCC(C(=O)OC)CC3)cc2F)cc1. The molecule has 3 aromatic carbocycles. The van der Waals surface area contributed by atoms with Crippen molar-refractivity contribution in [2.24, 2.45) is 5.92 Å². The lowest BCUT2D eigenvalue weighted by Crippen LogP contribution is -2.40. The molecule has 0 unspecified atom stereocenters. The lowest BCUT2D eigenvalue weighted by Gasteiger charge is -2.32. The number of nitrogens with one attached hydrogen (secondary N) is 3. The number of likely N-dealkylation sites (tertiary alicyclic amines) is 1. The van der Waals surface area contributed by atoms with Crippen molar-refractivity contribution in [1.29, 1.82) is 5.41 Å². The summed E-state index contributed by atoms with van der Waals surface area (Å²) in [5.74, 6) is 2.42. The number of terminal acetylenes is 2. The Hall–Kier alpha value is -5.41. The van der Waals surface area contributed by atoms with Gasteiger partial charge in [-0.1, -0.05) is 17.9 Å². The van der Waals surface area contributed by atoms with Crippen LogP contribution in [0.4, 0.5) is 15.8 Å². The van der Waals surface area contributed by atoms with Crippen LogP contribution in [0.2, 0.25) is 0 Å². The Morgan fingerprint density at radius 1 is 0.902 bits per heavy atom. The van der Waals surface area contributed by atoms with E-state index < -0.39 is 17.6 Å². The summed E-state index contributed by atoms with van der Waals surface area (Å²) in [4.78, 5) is 39.7. The van der Waals surface area contributed by atoms with Gasteiger partial charge in [0.05, 0.1) is 29.8 Å². The number of ether oxygens (including phenoxy) is 1. The molecule has 206 valence electrons. The number of amidine groups is 1. The van der Waals surface area contributed by atoms with Crippen LogP contribution >= 0.6 is 0 Å². The van der Waals surface area contributed by atoms with E-state index in [1.54, 1.807) is 35.2 Å². The second kappa shape index (κ2) is 12.6. The Kier molecular flexibility index (Phi) is 8.81. The summed E-state index contributed by atoms with van der Waals surface area (Å²) in [6.07, 6.45) is 11.9.